The Labute approximate surface area is 94.2 Å². The van der Waals surface area contributed by atoms with Crippen molar-refractivity contribution in [2.75, 3.05) is 6.54 Å². The fourth-order valence-corrected chi connectivity index (χ4v) is 3.15. The van der Waals surface area contributed by atoms with Gasteiger partial charge in [-0.3, -0.25) is 9.89 Å². The third kappa shape index (κ3) is 1.50. The maximum Gasteiger partial charge on any atom is 0.291 e. The van der Waals surface area contributed by atoms with Crippen LogP contribution in [0, 0.1) is 5.92 Å². The van der Waals surface area contributed by atoms with Crippen molar-refractivity contribution < 1.29 is 4.79 Å². The number of amides is 1. The molecule has 16 heavy (non-hydrogen) atoms. The van der Waals surface area contributed by atoms with E-state index >= 15 is 0 Å². The van der Waals surface area contributed by atoms with Crippen LogP contribution in [0.1, 0.15) is 42.7 Å². The molecule has 2 aliphatic rings. The van der Waals surface area contributed by atoms with Gasteiger partial charge in [-0.1, -0.05) is 6.42 Å². The molecule has 0 radical (unpaired) electrons. The Morgan fingerprint density at radius 1 is 1.38 bits per heavy atom. The molecule has 86 valence electrons. The highest BCUT2D eigenvalue weighted by molar-refractivity contribution is 5.90. The summed E-state index contributed by atoms with van der Waals surface area (Å²) in [6.45, 7) is 0.876. The van der Waals surface area contributed by atoms with Crippen LogP contribution in [0.25, 0.3) is 0 Å². The SMILES string of the molecule is O=C(c1ncn[nH]1)N1CCCC2CCCC21. The Bertz CT molecular complexity index is 375. The van der Waals surface area contributed by atoms with Crippen LogP contribution in [0.15, 0.2) is 6.33 Å². The molecule has 1 aliphatic heterocycles. The van der Waals surface area contributed by atoms with Crippen molar-refractivity contribution in [2.24, 2.45) is 5.92 Å². The number of hydrogen-bond acceptors (Lipinski definition) is 3. The van der Waals surface area contributed by atoms with E-state index in [9.17, 15) is 4.79 Å². The topological polar surface area (TPSA) is 61.9 Å². The third-order valence-corrected chi connectivity index (χ3v) is 3.87. The molecule has 0 spiro atoms. The van der Waals surface area contributed by atoms with E-state index in [2.05, 4.69) is 15.2 Å². The summed E-state index contributed by atoms with van der Waals surface area (Å²) in [5.41, 5.74) is 0. The molecule has 2 fully saturated rings. The minimum atomic E-state index is 0.0223. The molecule has 1 aromatic heterocycles. The van der Waals surface area contributed by atoms with Gasteiger partial charge in [0.15, 0.2) is 0 Å². The van der Waals surface area contributed by atoms with Gasteiger partial charge in [0.1, 0.15) is 6.33 Å². The van der Waals surface area contributed by atoms with E-state index in [1.54, 1.807) is 0 Å². The molecule has 5 nitrogen and oxygen atoms in total. The van der Waals surface area contributed by atoms with Crippen molar-refractivity contribution in [2.45, 2.75) is 38.1 Å². The van der Waals surface area contributed by atoms with Crippen LogP contribution in [0.2, 0.25) is 0 Å². The van der Waals surface area contributed by atoms with E-state index in [4.69, 9.17) is 0 Å². The van der Waals surface area contributed by atoms with E-state index in [1.165, 1.54) is 25.6 Å². The zero-order valence-corrected chi connectivity index (χ0v) is 9.22. The molecule has 1 aliphatic carbocycles. The number of nitrogens with zero attached hydrogens (tertiary/aromatic N) is 3. The number of likely N-dealkylation sites (tertiary alicyclic amines) is 1. The number of aromatic amines is 1. The number of piperidine rings is 1. The number of rotatable bonds is 1. The number of fused-ring (bicyclic) bond motifs is 1. The molecule has 5 heteroatoms. The summed E-state index contributed by atoms with van der Waals surface area (Å²) >= 11 is 0. The van der Waals surface area contributed by atoms with Crippen molar-refractivity contribution in [3.63, 3.8) is 0 Å². The molecule has 1 amide bonds. The summed E-state index contributed by atoms with van der Waals surface area (Å²) in [4.78, 5) is 18.1. The summed E-state index contributed by atoms with van der Waals surface area (Å²) in [5, 5.41) is 6.40. The van der Waals surface area contributed by atoms with Gasteiger partial charge in [-0.25, -0.2) is 4.98 Å². The maximum absolute atomic E-state index is 12.2. The lowest BCUT2D eigenvalue weighted by Gasteiger charge is -2.37. The molecule has 1 saturated heterocycles. The summed E-state index contributed by atoms with van der Waals surface area (Å²) < 4.78 is 0. The fraction of sp³-hybridized carbons (Fsp3) is 0.727. The second kappa shape index (κ2) is 3.88. The van der Waals surface area contributed by atoms with Crippen LogP contribution >= 0.6 is 0 Å². The maximum atomic E-state index is 12.2. The lowest BCUT2D eigenvalue weighted by atomic mass is 9.92. The zero-order chi connectivity index (χ0) is 11.0. The van der Waals surface area contributed by atoms with Crippen molar-refractivity contribution in [3.05, 3.63) is 12.2 Å². The molecule has 3 rings (SSSR count). The van der Waals surface area contributed by atoms with Gasteiger partial charge in [-0.05, 0) is 31.6 Å². The van der Waals surface area contributed by atoms with Crippen LogP contribution in [0.4, 0.5) is 0 Å². The van der Waals surface area contributed by atoms with Gasteiger partial charge in [0.05, 0.1) is 0 Å². The lowest BCUT2D eigenvalue weighted by Crippen LogP contribution is -2.46. The van der Waals surface area contributed by atoms with Gasteiger partial charge >= 0.3 is 0 Å². The molecule has 1 N–H and O–H groups in total. The Balaban J connectivity index is 1.80. The first kappa shape index (κ1) is 9.81. The van der Waals surface area contributed by atoms with Crippen LogP contribution in [-0.2, 0) is 0 Å². The molecule has 0 bridgehead atoms. The lowest BCUT2D eigenvalue weighted by molar-refractivity contribution is 0.0536. The predicted octanol–water partition coefficient (Wildman–Crippen LogP) is 1.21. The molecule has 2 unspecified atom stereocenters. The minimum Gasteiger partial charge on any atom is -0.333 e. The number of aromatic nitrogens is 3. The van der Waals surface area contributed by atoms with E-state index in [0.717, 1.165) is 25.3 Å². The predicted molar refractivity (Wildman–Crippen MR) is 57.8 cm³/mol. The molecule has 1 saturated carbocycles. The molecular formula is C11H16N4O. The summed E-state index contributed by atoms with van der Waals surface area (Å²) in [6.07, 6.45) is 7.50. The Hall–Kier alpha value is -1.39. The van der Waals surface area contributed by atoms with E-state index < -0.39 is 0 Å². The van der Waals surface area contributed by atoms with Crippen LogP contribution in [0.3, 0.4) is 0 Å². The second-order valence-corrected chi connectivity index (χ2v) is 4.73. The number of carbonyl (C=O) groups excluding carboxylic acids is 1. The van der Waals surface area contributed by atoms with Crippen LogP contribution in [0.5, 0.6) is 0 Å². The molecule has 0 aromatic carbocycles. The second-order valence-electron chi connectivity index (χ2n) is 4.73. The third-order valence-electron chi connectivity index (χ3n) is 3.87. The first-order chi connectivity index (χ1) is 7.86. The average Bonchev–Trinajstić information content (AvgIpc) is 2.98. The van der Waals surface area contributed by atoms with E-state index in [-0.39, 0.29) is 5.91 Å². The van der Waals surface area contributed by atoms with Crippen molar-refractivity contribution >= 4 is 5.91 Å². The highest BCUT2D eigenvalue weighted by Gasteiger charge is 2.38. The van der Waals surface area contributed by atoms with Gasteiger partial charge in [0, 0.05) is 12.6 Å². The number of nitrogens with one attached hydrogen (secondary N) is 1. The number of hydrogen-bond donors (Lipinski definition) is 1. The Morgan fingerprint density at radius 3 is 3.06 bits per heavy atom. The molecule has 2 atom stereocenters. The first-order valence-corrected chi connectivity index (χ1v) is 6.02. The van der Waals surface area contributed by atoms with E-state index in [0.29, 0.717) is 11.9 Å². The zero-order valence-electron chi connectivity index (χ0n) is 9.22. The number of carbonyl (C=O) groups is 1. The normalized spacial score (nSPS) is 29.1. The molecular weight excluding hydrogens is 204 g/mol. The summed E-state index contributed by atoms with van der Waals surface area (Å²) in [6, 6.07) is 0.450. The molecule has 1 aromatic rings. The van der Waals surface area contributed by atoms with Gasteiger partial charge in [-0.15, -0.1) is 0 Å². The van der Waals surface area contributed by atoms with Crippen molar-refractivity contribution in [1.82, 2.24) is 20.1 Å². The highest BCUT2D eigenvalue weighted by Crippen LogP contribution is 2.37. The Kier molecular flexibility index (Phi) is 2.38. The van der Waals surface area contributed by atoms with Gasteiger partial charge in [0.2, 0.25) is 5.82 Å². The minimum absolute atomic E-state index is 0.0223. The molecule has 2 heterocycles. The summed E-state index contributed by atoms with van der Waals surface area (Å²) in [7, 11) is 0. The first-order valence-electron chi connectivity index (χ1n) is 6.02. The quantitative estimate of drug-likeness (QED) is 0.773. The largest absolute Gasteiger partial charge is 0.333 e. The van der Waals surface area contributed by atoms with Crippen molar-refractivity contribution in [1.29, 1.82) is 0 Å². The average molecular weight is 220 g/mol. The van der Waals surface area contributed by atoms with Gasteiger partial charge < -0.3 is 4.90 Å². The Morgan fingerprint density at radius 2 is 2.25 bits per heavy atom. The highest BCUT2D eigenvalue weighted by atomic mass is 16.2. The standard InChI is InChI=1S/C11H16N4O/c16-11(10-12-7-13-14-10)15-6-2-4-8-3-1-5-9(8)15/h7-9H,1-6H2,(H,12,13,14). The van der Waals surface area contributed by atoms with E-state index in [1.807, 2.05) is 4.90 Å². The fourth-order valence-electron chi connectivity index (χ4n) is 3.15. The monoisotopic (exact) mass is 220 g/mol. The van der Waals surface area contributed by atoms with Gasteiger partial charge in [0.25, 0.3) is 5.91 Å². The number of H-pyrrole nitrogens is 1. The van der Waals surface area contributed by atoms with Gasteiger partial charge in [-0.2, -0.15) is 5.10 Å². The smallest absolute Gasteiger partial charge is 0.291 e. The summed E-state index contributed by atoms with van der Waals surface area (Å²) in [5.74, 6) is 1.13. The van der Waals surface area contributed by atoms with Crippen LogP contribution in [-0.4, -0.2) is 38.6 Å². The van der Waals surface area contributed by atoms with Crippen molar-refractivity contribution in [3.8, 4) is 0 Å². The van der Waals surface area contributed by atoms with Crippen LogP contribution < -0.4 is 0 Å².